The van der Waals surface area contributed by atoms with Crippen LogP contribution in [-0.2, 0) is 19.1 Å². The molecule has 0 aromatic rings. The number of rotatable bonds is 16. The second-order valence-corrected chi connectivity index (χ2v) is 7.43. The Morgan fingerprint density at radius 1 is 0.906 bits per heavy atom. The first-order valence-electron chi connectivity index (χ1n) is 10.4. The fourth-order valence-corrected chi connectivity index (χ4v) is 2.16. The van der Waals surface area contributed by atoms with Gasteiger partial charge in [-0.3, -0.25) is 9.59 Å². The molecule has 186 valence electrons. The van der Waals surface area contributed by atoms with E-state index in [0.717, 1.165) is 38.6 Å². The van der Waals surface area contributed by atoms with Gasteiger partial charge in [0, 0.05) is 24.1 Å². The molecule has 0 fully saturated rings. The molecule has 0 aromatic heterocycles. The number of unbranched alkanes of at least 4 members (excludes halogenated alkanes) is 7. The van der Waals surface area contributed by atoms with Crippen LogP contribution in [0.2, 0.25) is 0 Å². The number of hydrogen-bond acceptors (Lipinski definition) is 4. The summed E-state index contributed by atoms with van der Waals surface area (Å²) in [5, 5.41) is 11.3. The van der Waals surface area contributed by atoms with Gasteiger partial charge in [-0.05, 0) is 26.7 Å². The summed E-state index contributed by atoms with van der Waals surface area (Å²) in [5.74, 6) is -6.17. The Morgan fingerprint density at radius 2 is 1.38 bits per heavy atom. The van der Waals surface area contributed by atoms with E-state index in [1.54, 1.807) is 6.92 Å². The van der Waals surface area contributed by atoms with Crippen molar-refractivity contribution in [3.05, 3.63) is 24.3 Å². The zero-order chi connectivity index (χ0) is 25.2. The second kappa shape index (κ2) is 18.2. The van der Waals surface area contributed by atoms with Crippen LogP contribution in [0.5, 0.6) is 0 Å². The van der Waals surface area contributed by atoms with Crippen molar-refractivity contribution in [2.24, 2.45) is 0 Å². The van der Waals surface area contributed by atoms with Crippen molar-refractivity contribution in [3.8, 4) is 0 Å². The first-order chi connectivity index (χ1) is 14.8. The van der Waals surface area contributed by atoms with Crippen molar-refractivity contribution in [3.63, 3.8) is 0 Å². The summed E-state index contributed by atoms with van der Waals surface area (Å²) in [7, 11) is 0. The van der Waals surface area contributed by atoms with E-state index in [-0.39, 0.29) is 11.5 Å². The highest BCUT2D eigenvalue weighted by molar-refractivity contribution is 5.92. The molecule has 0 radical (unpaired) electrons. The molecular formula is C22H35F4NO5. The number of carboxylic acid groups (broad SMARTS) is 1. The monoisotopic (exact) mass is 469 g/mol. The Balaban J connectivity index is 0. The van der Waals surface area contributed by atoms with E-state index >= 15 is 0 Å². The minimum absolute atomic E-state index is 0.0570. The number of carbonyl (C=O) groups is 3. The van der Waals surface area contributed by atoms with Crippen molar-refractivity contribution < 1.29 is 41.8 Å². The Morgan fingerprint density at radius 3 is 1.78 bits per heavy atom. The normalized spacial score (nSPS) is 10.7. The number of alkyl halides is 4. The van der Waals surface area contributed by atoms with Gasteiger partial charge in [0.2, 0.25) is 5.91 Å². The number of ether oxygens (including phenoxy) is 1. The van der Waals surface area contributed by atoms with Crippen LogP contribution in [0.1, 0.15) is 71.6 Å². The lowest BCUT2D eigenvalue weighted by Crippen LogP contribution is -2.33. The van der Waals surface area contributed by atoms with E-state index in [0.29, 0.717) is 12.0 Å². The summed E-state index contributed by atoms with van der Waals surface area (Å²) in [6.45, 7) is 8.71. The average molecular weight is 470 g/mol. The number of esters is 1. The van der Waals surface area contributed by atoms with Gasteiger partial charge < -0.3 is 15.2 Å². The highest BCUT2D eigenvalue weighted by atomic mass is 19.3. The molecule has 0 spiro atoms. The molecule has 0 heterocycles. The van der Waals surface area contributed by atoms with Crippen molar-refractivity contribution >= 4 is 17.8 Å². The standard InChI is InChI=1S/C15H27NO3.C7H8F4O2/c1-13(2)15(19)16-12-10-8-6-4-3-5-7-9-11-14(17)18;1-4(2)5(12)13-3-7(10,11)6(8)9/h1,3-12H2,2H3,(H,16,19)(H,17,18);6H,1,3H2,2H3. The quantitative estimate of drug-likeness (QED) is 0.139. The van der Waals surface area contributed by atoms with Crippen LogP contribution in [0, 0.1) is 0 Å². The molecule has 0 atom stereocenters. The fraction of sp³-hybridized carbons (Fsp3) is 0.682. The number of hydrogen-bond donors (Lipinski definition) is 2. The molecule has 0 aliphatic rings. The van der Waals surface area contributed by atoms with Crippen LogP contribution in [0.15, 0.2) is 24.3 Å². The highest BCUT2D eigenvalue weighted by Gasteiger charge is 2.42. The van der Waals surface area contributed by atoms with Crippen LogP contribution < -0.4 is 5.32 Å². The summed E-state index contributed by atoms with van der Waals surface area (Å²) < 4.78 is 51.1. The van der Waals surface area contributed by atoms with Gasteiger partial charge >= 0.3 is 24.3 Å². The van der Waals surface area contributed by atoms with Crippen LogP contribution in [-0.4, -0.2) is 48.5 Å². The predicted molar refractivity (Wildman–Crippen MR) is 114 cm³/mol. The van der Waals surface area contributed by atoms with E-state index in [4.69, 9.17) is 5.11 Å². The Kier molecular flexibility index (Phi) is 18.1. The van der Waals surface area contributed by atoms with Crippen molar-refractivity contribution in [1.29, 1.82) is 0 Å². The van der Waals surface area contributed by atoms with Gasteiger partial charge in [0.15, 0.2) is 6.61 Å². The molecule has 2 N–H and O–H groups in total. The van der Waals surface area contributed by atoms with E-state index in [9.17, 15) is 31.9 Å². The summed E-state index contributed by atoms with van der Waals surface area (Å²) >= 11 is 0. The number of carboxylic acids is 1. The minimum atomic E-state index is -4.30. The smallest absolute Gasteiger partial charge is 0.340 e. The number of aliphatic carboxylic acids is 1. The van der Waals surface area contributed by atoms with E-state index in [1.807, 2.05) is 0 Å². The van der Waals surface area contributed by atoms with Crippen molar-refractivity contribution in [2.45, 2.75) is 84.0 Å². The highest BCUT2D eigenvalue weighted by Crippen LogP contribution is 2.23. The first kappa shape index (κ1) is 31.8. The maximum atomic E-state index is 12.1. The third-order valence-corrected chi connectivity index (χ3v) is 4.05. The third-order valence-electron chi connectivity index (χ3n) is 4.05. The Hall–Kier alpha value is -2.39. The van der Waals surface area contributed by atoms with Gasteiger partial charge in [-0.2, -0.15) is 8.78 Å². The van der Waals surface area contributed by atoms with Gasteiger partial charge in [-0.25, -0.2) is 13.6 Å². The molecule has 0 saturated carbocycles. The SMILES string of the molecule is C=C(C)C(=O)NCCCCCCCCCCC(=O)O.C=C(C)C(=O)OCC(F)(F)C(F)F. The fourth-order valence-electron chi connectivity index (χ4n) is 2.16. The van der Waals surface area contributed by atoms with E-state index in [1.165, 1.54) is 26.2 Å². The minimum Gasteiger partial charge on any atom is -0.481 e. The number of amides is 1. The summed E-state index contributed by atoms with van der Waals surface area (Å²) in [4.78, 5) is 32.0. The largest absolute Gasteiger partial charge is 0.481 e. The van der Waals surface area contributed by atoms with Gasteiger partial charge in [-0.1, -0.05) is 51.7 Å². The zero-order valence-corrected chi connectivity index (χ0v) is 18.9. The molecular weight excluding hydrogens is 434 g/mol. The van der Waals surface area contributed by atoms with Gasteiger partial charge in [-0.15, -0.1) is 0 Å². The molecule has 32 heavy (non-hydrogen) atoms. The van der Waals surface area contributed by atoms with Gasteiger partial charge in [0.1, 0.15) is 0 Å². The molecule has 0 aliphatic carbocycles. The van der Waals surface area contributed by atoms with Crippen LogP contribution in [0.4, 0.5) is 17.6 Å². The Bertz CT molecular complexity index is 609. The maximum absolute atomic E-state index is 12.1. The molecule has 6 nitrogen and oxygen atoms in total. The van der Waals surface area contributed by atoms with Crippen LogP contribution in [0.3, 0.4) is 0 Å². The first-order valence-corrected chi connectivity index (χ1v) is 10.4. The molecule has 0 bridgehead atoms. The molecule has 1 amide bonds. The molecule has 0 rings (SSSR count). The number of halogens is 4. The van der Waals surface area contributed by atoms with E-state index in [2.05, 4.69) is 23.2 Å². The Labute approximate surface area is 187 Å². The van der Waals surface area contributed by atoms with Gasteiger partial charge in [0.25, 0.3) is 0 Å². The summed E-state index contributed by atoms with van der Waals surface area (Å²) in [6.07, 6.45) is 5.08. The average Bonchev–Trinajstić information content (AvgIpc) is 2.69. The molecule has 0 aliphatic heterocycles. The second-order valence-electron chi connectivity index (χ2n) is 7.43. The molecule has 0 saturated heterocycles. The lowest BCUT2D eigenvalue weighted by atomic mass is 10.1. The topological polar surface area (TPSA) is 92.7 Å². The number of nitrogens with one attached hydrogen (secondary N) is 1. The maximum Gasteiger partial charge on any atom is 0.340 e. The van der Waals surface area contributed by atoms with Crippen molar-refractivity contribution in [2.75, 3.05) is 13.2 Å². The van der Waals surface area contributed by atoms with Crippen LogP contribution >= 0.6 is 0 Å². The number of carbonyl (C=O) groups excluding carboxylic acids is 2. The lowest BCUT2D eigenvalue weighted by Gasteiger charge is -2.14. The zero-order valence-electron chi connectivity index (χ0n) is 18.9. The molecule has 0 aromatic carbocycles. The van der Waals surface area contributed by atoms with E-state index < -0.39 is 30.9 Å². The molecule has 10 heteroatoms. The third kappa shape index (κ3) is 19.6. The summed E-state index contributed by atoms with van der Waals surface area (Å²) in [5.41, 5.74) is 0.437. The van der Waals surface area contributed by atoms with Crippen molar-refractivity contribution in [1.82, 2.24) is 5.32 Å². The van der Waals surface area contributed by atoms with Crippen LogP contribution in [0.25, 0.3) is 0 Å². The molecule has 0 unspecified atom stereocenters. The predicted octanol–water partition coefficient (Wildman–Crippen LogP) is 5.28. The summed E-state index contributed by atoms with van der Waals surface area (Å²) in [6, 6.07) is 0. The van der Waals surface area contributed by atoms with Gasteiger partial charge in [0.05, 0.1) is 0 Å². The lowest BCUT2D eigenvalue weighted by molar-refractivity contribution is -0.176.